The average molecular weight is 404 g/mol. The lowest BCUT2D eigenvalue weighted by Gasteiger charge is -2.04. The zero-order valence-corrected chi connectivity index (χ0v) is 13.2. The van der Waals surface area contributed by atoms with Gasteiger partial charge in [0, 0.05) is 17.7 Å². The number of nitrogens with two attached hydrogens (primary N) is 1. The van der Waals surface area contributed by atoms with Crippen LogP contribution in [-0.2, 0) is 4.79 Å². The van der Waals surface area contributed by atoms with Crippen LogP contribution in [0.4, 0.5) is 0 Å². The van der Waals surface area contributed by atoms with Crippen LogP contribution in [0.3, 0.4) is 0 Å². The predicted octanol–water partition coefficient (Wildman–Crippen LogP) is -1.09. The highest BCUT2D eigenvalue weighted by Gasteiger charge is 2.33. The van der Waals surface area contributed by atoms with Gasteiger partial charge in [-0.2, -0.15) is 0 Å². The van der Waals surface area contributed by atoms with Crippen LogP contribution in [0.25, 0.3) is 5.57 Å². The van der Waals surface area contributed by atoms with Gasteiger partial charge in [0.25, 0.3) is 5.91 Å². The Hall–Kier alpha value is -1.61. The molecule has 3 rings (SSSR count). The summed E-state index contributed by atoms with van der Waals surface area (Å²) in [6.07, 6.45) is 0.519. The van der Waals surface area contributed by atoms with Crippen LogP contribution in [0, 0.1) is 0 Å². The summed E-state index contributed by atoms with van der Waals surface area (Å²) in [4.78, 5) is 29.7. The number of fused-ring (bicyclic) bond motifs is 1. The van der Waals surface area contributed by atoms with Crippen molar-refractivity contribution in [3.8, 4) is 0 Å². The molecule has 3 heterocycles. The van der Waals surface area contributed by atoms with E-state index in [0.717, 1.165) is 5.57 Å². The van der Waals surface area contributed by atoms with Gasteiger partial charge < -0.3 is 10.3 Å². The quantitative estimate of drug-likeness (QED) is 0.354. The molecule has 9 heteroatoms. The molecule has 104 valence electrons. The lowest BCUT2D eigenvalue weighted by molar-refractivity contribution is -0.385. The fraction of sp³-hybridized carbons (Fsp3) is 0.182. The number of hydrogen-bond acceptors (Lipinski definition) is 3. The summed E-state index contributed by atoms with van der Waals surface area (Å²) in [5.41, 5.74) is 7.75. The van der Waals surface area contributed by atoms with Crippen molar-refractivity contribution in [1.29, 1.82) is 0 Å². The van der Waals surface area contributed by atoms with E-state index in [9.17, 15) is 9.59 Å². The van der Waals surface area contributed by atoms with Crippen LogP contribution in [0.1, 0.15) is 22.5 Å². The second-order valence-corrected chi connectivity index (χ2v) is 5.94. The van der Waals surface area contributed by atoms with Gasteiger partial charge in [-0.05, 0) is 38.3 Å². The normalized spacial score (nSPS) is 22.0. The Balaban J connectivity index is 2.29. The number of carbonyl (C=O) groups excluding carboxylic acids is 2. The Morgan fingerprint density at radius 3 is 2.60 bits per heavy atom. The molecule has 0 spiro atoms. The van der Waals surface area contributed by atoms with Crippen molar-refractivity contribution in [2.24, 2.45) is 5.73 Å². The standard InChI is InChI=1S/C11H9Br2N5O2/c12-5-4-3(6-10(20)18-11(14)17-6)1-2-15-9(19)7(4)16-8(5)13/h16H,1-2H2,(H,15,19)(H3,14,17,18,20)/p+1/b6-3+. The zero-order chi connectivity index (χ0) is 14.4. The van der Waals surface area contributed by atoms with E-state index in [0.29, 0.717) is 39.0 Å². The number of halogens is 2. The third-order valence-corrected chi connectivity index (χ3v) is 5.04. The number of rotatable bonds is 0. The summed E-state index contributed by atoms with van der Waals surface area (Å²) in [5.74, 6) is -0.326. The van der Waals surface area contributed by atoms with Gasteiger partial charge in [0.2, 0.25) is 0 Å². The van der Waals surface area contributed by atoms with E-state index in [2.05, 4.69) is 52.5 Å². The average Bonchev–Trinajstić information content (AvgIpc) is 2.81. The maximum absolute atomic E-state index is 12.0. The molecular formula is C11H10Br2N5O2+. The number of nitrogens with one attached hydrogen (secondary N) is 4. The smallest absolute Gasteiger partial charge is 0.350 e. The molecule has 1 aromatic heterocycles. The number of amides is 2. The SMILES string of the molecule is NC1=[NH+]/C(=C2\CCNC(=O)c3[nH]c(Br)c(Br)c32)C(=O)N1. The van der Waals surface area contributed by atoms with Gasteiger partial charge in [-0.15, -0.1) is 0 Å². The van der Waals surface area contributed by atoms with Crippen molar-refractivity contribution in [3.05, 3.63) is 26.0 Å². The molecule has 2 aliphatic heterocycles. The van der Waals surface area contributed by atoms with Gasteiger partial charge in [0.1, 0.15) is 5.69 Å². The first kappa shape index (κ1) is 13.4. The minimum atomic E-state index is -0.304. The fourth-order valence-electron chi connectivity index (χ4n) is 2.28. The molecule has 20 heavy (non-hydrogen) atoms. The van der Waals surface area contributed by atoms with Crippen molar-refractivity contribution in [1.82, 2.24) is 15.6 Å². The lowest BCUT2D eigenvalue weighted by Crippen LogP contribution is -2.71. The fourth-order valence-corrected chi connectivity index (χ4v) is 3.22. The van der Waals surface area contributed by atoms with Gasteiger partial charge >= 0.3 is 11.9 Å². The van der Waals surface area contributed by atoms with E-state index < -0.39 is 0 Å². The van der Waals surface area contributed by atoms with Crippen molar-refractivity contribution < 1.29 is 14.6 Å². The molecule has 0 atom stereocenters. The first-order valence-electron chi connectivity index (χ1n) is 5.78. The summed E-state index contributed by atoms with van der Waals surface area (Å²) >= 11 is 6.77. The van der Waals surface area contributed by atoms with Crippen molar-refractivity contribution in [2.75, 3.05) is 6.54 Å². The minimum absolute atomic E-state index is 0.188. The van der Waals surface area contributed by atoms with E-state index >= 15 is 0 Å². The van der Waals surface area contributed by atoms with E-state index in [1.54, 1.807) is 0 Å². The van der Waals surface area contributed by atoms with Crippen molar-refractivity contribution >= 4 is 55.2 Å². The highest BCUT2D eigenvalue weighted by Crippen LogP contribution is 2.37. The second kappa shape index (κ2) is 4.74. The Morgan fingerprint density at radius 2 is 1.95 bits per heavy atom. The van der Waals surface area contributed by atoms with Gasteiger partial charge in [0.15, 0.2) is 5.70 Å². The summed E-state index contributed by atoms with van der Waals surface area (Å²) in [6.45, 7) is 0.444. The van der Waals surface area contributed by atoms with Gasteiger partial charge in [-0.3, -0.25) is 10.5 Å². The molecule has 0 saturated carbocycles. The summed E-state index contributed by atoms with van der Waals surface area (Å²) in [6, 6.07) is 0. The van der Waals surface area contributed by atoms with E-state index in [4.69, 9.17) is 5.73 Å². The zero-order valence-electron chi connectivity index (χ0n) is 10.1. The topological polar surface area (TPSA) is 114 Å². The van der Waals surface area contributed by atoms with Gasteiger partial charge in [-0.25, -0.2) is 15.1 Å². The van der Waals surface area contributed by atoms with Crippen LogP contribution in [-0.4, -0.2) is 29.3 Å². The largest absolute Gasteiger partial charge is 0.353 e. The van der Waals surface area contributed by atoms with E-state index in [1.807, 2.05) is 0 Å². The lowest BCUT2D eigenvalue weighted by atomic mass is 10.0. The number of aromatic nitrogens is 1. The molecule has 1 aromatic rings. The Labute approximate surface area is 130 Å². The molecule has 0 saturated heterocycles. The molecule has 0 radical (unpaired) electrons. The monoisotopic (exact) mass is 402 g/mol. The molecular weight excluding hydrogens is 394 g/mol. The van der Waals surface area contributed by atoms with Crippen LogP contribution >= 0.6 is 31.9 Å². The molecule has 6 N–H and O–H groups in total. The Morgan fingerprint density at radius 1 is 1.20 bits per heavy atom. The summed E-state index contributed by atoms with van der Waals surface area (Å²) in [7, 11) is 0. The van der Waals surface area contributed by atoms with E-state index in [-0.39, 0.29) is 17.8 Å². The van der Waals surface area contributed by atoms with Crippen molar-refractivity contribution in [2.45, 2.75) is 6.42 Å². The predicted molar refractivity (Wildman–Crippen MR) is 78.4 cm³/mol. The Bertz CT molecular complexity index is 704. The summed E-state index contributed by atoms with van der Waals surface area (Å²) < 4.78 is 1.35. The maximum Gasteiger partial charge on any atom is 0.353 e. The third-order valence-electron chi connectivity index (χ3n) is 3.12. The molecule has 2 amide bonds. The number of hydrogen-bond donors (Lipinski definition) is 5. The van der Waals surface area contributed by atoms with Gasteiger partial charge in [0.05, 0.1) is 9.08 Å². The summed E-state index contributed by atoms with van der Waals surface area (Å²) in [5, 5.41) is 5.27. The number of aromatic amines is 1. The number of H-pyrrole nitrogens is 1. The molecule has 0 aromatic carbocycles. The second-order valence-electron chi connectivity index (χ2n) is 4.36. The molecule has 0 unspecified atom stereocenters. The number of carbonyl (C=O) groups is 2. The first-order valence-corrected chi connectivity index (χ1v) is 7.37. The number of guanidine groups is 1. The highest BCUT2D eigenvalue weighted by atomic mass is 79.9. The molecule has 0 fully saturated rings. The first-order chi connectivity index (χ1) is 9.49. The van der Waals surface area contributed by atoms with Crippen LogP contribution in [0.15, 0.2) is 14.8 Å². The minimum Gasteiger partial charge on any atom is -0.350 e. The maximum atomic E-state index is 12.0. The van der Waals surface area contributed by atoms with Gasteiger partial charge in [-0.1, -0.05) is 0 Å². The molecule has 7 nitrogen and oxygen atoms in total. The van der Waals surface area contributed by atoms with Crippen molar-refractivity contribution in [3.63, 3.8) is 0 Å². The van der Waals surface area contributed by atoms with Crippen LogP contribution < -0.4 is 21.4 Å². The molecule has 2 aliphatic rings. The van der Waals surface area contributed by atoms with Crippen LogP contribution in [0.5, 0.6) is 0 Å². The molecule has 0 aliphatic carbocycles. The van der Waals surface area contributed by atoms with E-state index in [1.165, 1.54) is 0 Å². The Kier molecular flexibility index (Phi) is 3.17. The highest BCUT2D eigenvalue weighted by molar-refractivity contribution is 9.13. The third kappa shape index (κ3) is 1.97. The molecule has 0 bridgehead atoms. The van der Waals surface area contributed by atoms with Crippen LogP contribution in [0.2, 0.25) is 0 Å².